The molecule has 1 N–H and O–H groups in total. The van der Waals surface area contributed by atoms with Gasteiger partial charge in [0.25, 0.3) is 0 Å². The fourth-order valence-corrected chi connectivity index (χ4v) is 5.42. The molecule has 6 nitrogen and oxygen atoms in total. The number of hydrogen-bond acceptors (Lipinski definition) is 5. The van der Waals surface area contributed by atoms with Crippen LogP contribution >= 0.6 is 0 Å². The molecule has 2 heterocycles. The van der Waals surface area contributed by atoms with Crippen molar-refractivity contribution in [3.63, 3.8) is 0 Å². The summed E-state index contributed by atoms with van der Waals surface area (Å²) in [5.41, 5.74) is 4.25. The molecule has 2 aliphatic rings. The molecule has 1 amide bonds. The normalized spacial score (nSPS) is 21.0. The topological polar surface area (TPSA) is 67.3 Å². The van der Waals surface area contributed by atoms with Gasteiger partial charge in [-0.15, -0.1) is 0 Å². The summed E-state index contributed by atoms with van der Waals surface area (Å²) in [6.07, 6.45) is 3.55. The minimum atomic E-state index is -4.60. The average molecular weight is 513 g/mol. The molecule has 0 saturated heterocycles. The largest absolute Gasteiger partial charge is 0.413 e. The Balaban J connectivity index is 1.36. The number of carbonyl (C=O) groups excluding carboxylic acids is 1. The van der Waals surface area contributed by atoms with Crippen LogP contribution in [-0.2, 0) is 9.53 Å². The average Bonchev–Trinajstić information content (AvgIpc) is 3.73. The van der Waals surface area contributed by atoms with Gasteiger partial charge >= 0.3 is 6.18 Å². The van der Waals surface area contributed by atoms with Gasteiger partial charge < -0.3 is 15.0 Å². The molecule has 0 spiro atoms. The number of ether oxygens (including phenoxy) is 1. The van der Waals surface area contributed by atoms with E-state index in [1.165, 1.54) is 19.2 Å². The highest BCUT2D eigenvalue weighted by atomic mass is 19.4. The van der Waals surface area contributed by atoms with Crippen LogP contribution in [0.5, 0.6) is 0 Å². The van der Waals surface area contributed by atoms with Crippen LogP contribution < -0.4 is 5.32 Å². The zero-order chi connectivity index (χ0) is 26.2. The zero-order valence-electron chi connectivity index (χ0n) is 21.0. The number of amides is 1. The maximum atomic E-state index is 14.2. The van der Waals surface area contributed by atoms with Gasteiger partial charge in [-0.05, 0) is 74.3 Å². The van der Waals surface area contributed by atoms with Crippen LogP contribution in [0.25, 0.3) is 11.0 Å². The van der Waals surface area contributed by atoms with Crippen molar-refractivity contribution in [3.05, 3.63) is 59.9 Å². The molecule has 9 heteroatoms. The van der Waals surface area contributed by atoms with Gasteiger partial charge in [0, 0.05) is 37.5 Å². The number of benzene rings is 1. The predicted molar refractivity (Wildman–Crippen MR) is 136 cm³/mol. The van der Waals surface area contributed by atoms with Crippen molar-refractivity contribution in [2.75, 3.05) is 19.5 Å². The molecule has 0 aliphatic heterocycles. The Bertz CT molecular complexity index is 1250. The summed E-state index contributed by atoms with van der Waals surface area (Å²) in [6.45, 7) is 0. The molecule has 37 heavy (non-hydrogen) atoms. The van der Waals surface area contributed by atoms with Gasteiger partial charge in [0.1, 0.15) is 0 Å². The summed E-state index contributed by atoms with van der Waals surface area (Å²) in [6, 6.07) is 7.88. The van der Waals surface area contributed by atoms with Crippen LogP contribution in [0.2, 0.25) is 0 Å². The summed E-state index contributed by atoms with van der Waals surface area (Å²) < 4.78 is 47.9. The van der Waals surface area contributed by atoms with Crippen molar-refractivity contribution in [1.29, 1.82) is 0 Å². The summed E-state index contributed by atoms with van der Waals surface area (Å²) in [7, 11) is 2.88. The number of aromatic nitrogens is 2. The number of methoxy groups -OCH3 is 1. The molecule has 1 aromatic carbocycles. The molecule has 196 valence electrons. The first kappa shape index (κ1) is 25.4. The lowest BCUT2D eigenvalue weighted by atomic mass is 9.86. The number of alkyl halides is 3. The molecule has 2 fully saturated rings. The first-order chi connectivity index (χ1) is 17.8. The van der Waals surface area contributed by atoms with Crippen LogP contribution in [0.1, 0.15) is 61.6 Å². The van der Waals surface area contributed by atoms with E-state index in [-0.39, 0.29) is 11.7 Å². The predicted octanol–water partition coefficient (Wildman–Crippen LogP) is 6.52. The van der Waals surface area contributed by atoms with E-state index in [0.717, 1.165) is 40.0 Å². The van der Waals surface area contributed by atoms with E-state index in [1.54, 1.807) is 31.6 Å². The molecule has 5 rings (SSSR count). The van der Waals surface area contributed by atoms with E-state index in [0.29, 0.717) is 37.3 Å². The molecule has 2 saturated carbocycles. The number of anilines is 2. The molecule has 1 atom stereocenters. The summed E-state index contributed by atoms with van der Waals surface area (Å²) in [4.78, 5) is 22.9. The van der Waals surface area contributed by atoms with Gasteiger partial charge in [-0.3, -0.25) is 14.8 Å². The second kappa shape index (κ2) is 10.3. The van der Waals surface area contributed by atoms with Crippen LogP contribution in [0.15, 0.2) is 48.8 Å². The van der Waals surface area contributed by atoms with Crippen LogP contribution in [-0.4, -0.2) is 47.2 Å². The number of halogens is 3. The number of carbonyl (C=O) groups is 1. The van der Waals surface area contributed by atoms with Crippen LogP contribution in [0, 0.1) is 5.92 Å². The zero-order valence-corrected chi connectivity index (χ0v) is 21.0. The first-order valence-corrected chi connectivity index (χ1v) is 12.7. The summed E-state index contributed by atoms with van der Waals surface area (Å²) in [5.74, 6) is -0.490. The monoisotopic (exact) mass is 512 g/mol. The second-order valence-electron chi connectivity index (χ2n) is 10.1. The third-order valence-electron chi connectivity index (χ3n) is 7.56. The third-order valence-corrected chi connectivity index (χ3v) is 7.56. The summed E-state index contributed by atoms with van der Waals surface area (Å²) >= 11 is 0. The Hall–Kier alpha value is -3.20. The third kappa shape index (κ3) is 5.42. The molecule has 0 radical (unpaired) electrons. The number of nitrogens with zero attached hydrogens (tertiary/aromatic N) is 3. The van der Waals surface area contributed by atoms with Gasteiger partial charge in [-0.2, -0.15) is 13.2 Å². The fraction of sp³-hybridized carbons (Fsp3) is 0.464. The molecular formula is C28H31F3N4O2. The molecule has 3 aromatic rings. The lowest BCUT2D eigenvalue weighted by Gasteiger charge is -2.35. The first-order valence-electron chi connectivity index (χ1n) is 12.7. The van der Waals surface area contributed by atoms with E-state index >= 15 is 0 Å². The van der Waals surface area contributed by atoms with E-state index in [4.69, 9.17) is 4.74 Å². The number of fused-ring (bicyclic) bond motifs is 1. The van der Waals surface area contributed by atoms with Crippen molar-refractivity contribution in [3.8, 4) is 0 Å². The number of rotatable bonds is 7. The number of nitrogens with one attached hydrogen (secondary N) is 1. The second-order valence-corrected chi connectivity index (χ2v) is 10.1. The van der Waals surface area contributed by atoms with E-state index in [1.807, 2.05) is 12.1 Å². The van der Waals surface area contributed by atoms with Crippen LogP contribution in [0.4, 0.5) is 24.5 Å². The van der Waals surface area contributed by atoms with Crippen molar-refractivity contribution < 1.29 is 22.7 Å². The Kier molecular flexibility index (Phi) is 7.07. The maximum Gasteiger partial charge on any atom is 0.413 e. The van der Waals surface area contributed by atoms with Crippen molar-refractivity contribution >= 4 is 28.3 Å². The van der Waals surface area contributed by atoms with E-state index in [2.05, 4.69) is 15.3 Å². The molecule has 2 aliphatic carbocycles. The Morgan fingerprint density at radius 3 is 2.38 bits per heavy atom. The van der Waals surface area contributed by atoms with Gasteiger partial charge in [0.2, 0.25) is 5.91 Å². The quantitative estimate of drug-likeness (QED) is 0.391. The summed E-state index contributed by atoms with van der Waals surface area (Å²) in [5, 5.41) is 3.33. The van der Waals surface area contributed by atoms with Gasteiger partial charge in [-0.1, -0.05) is 12.1 Å². The van der Waals surface area contributed by atoms with Crippen molar-refractivity contribution in [2.45, 2.75) is 62.8 Å². The highest BCUT2D eigenvalue weighted by Gasteiger charge is 2.46. The highest BCUT2D eigenvalue weighted by Crippen LogP contribution is 2.46. The molecule has 2 aromatic heterocycles. The molecule has 0 unspecified atom stereocenters. The lowest BCUT2D eigenvalue weighted by molar-refractivity contribution is -0.191. The van der Waals surface area contributed by atoms with Gasteiger partial charge in [0.05, 0.1) is 29.0 Å². The highest BCUT2D eigenvalue weighted by molar-refractivity contribution is 5.85. The van der Waals surface area contributed by atoms with E-state index < -0.39 is 24.0 Å². The fourth-order valence-electron chi connectivity index (χ4n) is 5.42. The standard InChI is InChI=1S/C28H31F3N4O2/c1-35(27(36)19-9-13-21(37-2)14-10-19)26(28(29,30)31)18-7-11-20(12-8-18)34-23-16-33-22-4-3-15-32-25(22)24(23)17-5-6-17/h3-4,7-8,11-12,15-17,19,21,26,34H,5-6,9-10,13-14H2,1-2H3/t19?,21?,26-/m1/s1. The Morgan fingerprint density at radius 1 is 1.05 bits per heavy atom. The number of hydrogen-bond donors (Lipinski definition) is 1. The Morgan fingerprint density at radius 2 is 1.76 bits per heavy atom. The van der Waals surface area contributed by atoms with Crippen molar-refractivity contribution in [2.24, 2.45) is 5.92 Å². The van der Waals surface area contributed by atoms with E-state index in [9.17, 15) is 18.0 Å². The minimum Gasteiger partial charge on any atom is -0.381 e. The smallest absolute Gasteiger partial charge is 0.381 e. The van der Waals surface area contributed by atoms with Crippen molar-refractivity contribution in [1.82, 2.24) is 14.9 Å². The lowest BCUT2D eigenvalue weighted by Crippen LogP contribution is -2.43. The van der Waals surface area contributed by atoms with Gasteiger partial charge in [-0.25, -0.2) is 0 Å². The SMILES string of the molecule is COC1CCC(C(=O)N(C)[C@H](c2ccc(Nc3cnc4cccnc4c3C3CC3)cc2)C(F)(F)F)CC1. The minimum absolute atomic E-state index is 0.0280. The van der Waals surface area contributed by atoms with Gasteiger partial charge in [0.15, 0.2) is 6.04 Å². The maximum absolute atomic E-state index is 14.2. The number of pyridine rings is 2. The Labute approximate surface area is 214 Å². The molecule has 0 bridgehead atoms. The van der Waals surface area contributed by atoms with Crippen LogP contribution in [0.3, 0.4) is 0 Å². The molecular weight excluding hydrogens is 481 g/mol.